The molecule has 0 heterocycles. The number of aryl methyl sites for hydroxylation is 1. The minimum absolute atomic E-state index is 0.300. The number of nitrogens with zero attached hydrogens (tertiary/aromatic N) is 1. The van der Waals surface area contributed by atoms with Crippen LogP contribution in [0.1, 0.15) is 55.5 Å². The Morgan fingerprint density at radius 1 is 1.30 bits per heavy atom. The molecule has 2 nitrogen and oxygen atoms in total. The molecule has 0 saturated heterocycles. The van der Waals surface area contributed by atoms with Crippen LogP contribution in [0.5, 0.6) is 0 Å². The van der Waals surface area contributed by atoms with E-state index in [9.17, 15) is 4.79 Å². The van der Waals surface area contributed by atoms with Crippen molar-refractivity contribution in [2.24, 2.45) is 5.92 Å². The molecule has 2 heteroatoms. The largest absolute Gasteiger partial charge is 0.297 e. The highest BCUT2D eigenvalue weighted by molar-refractivity contribution is 6.03. The molecule has 1 aliphatic rings. The quantitative estimate of drug-likeness (QED) is 0.774. The molecule has 0 aliphatic heterocycles. The predicted molar refractivity (Wildman–Crippen MR) is 84.2 cm³/mol. The molecule has 2 rings (SSSR count). The Hall–Kier alpha value is -1.15. The van der Waals surface area contributed by atoms with E-state index in [-0.39, 0.29) is 5.54 Å². The lowest BCUT2D eigenvalue weighted by Crippen LogP contribution is -2.53. The average molecular weight is 273 g/mol. The van der Waals surface area contributed by atoms with Gasteiger partial charge in [0.15, 0.2) is 5.78 Å². The smallest absolute Gasteiger partial charge is 0.183 e. The fourth-order valence-electron chi connectivity index (χ4n) is 3.50. The monoisotopic (exact) mass is 273 g/mol. The van der Waals surface area contributed by atoms with Crippen LogP contribution in [0.2, 0.25) is 0 Å². The molecule has 1 saturated carbocycles. The minimum atomic E-state index is -0.300. The lowest BCUT2D eigenvalue weighted by Gasteiger charge is -2.43. The van der Waals surface area contributed by atoms with Gasteiger partial charge in [0.25, 0.3) is 0 Å². The first kappa shape index (κ1) is 15.2. The molecule has 0 bridgehead atoms. The van der Waals surface area contributed by atoms with Crippen LogP contribution in [-0.2, 0) is 6.42 Å². The maximum Gasteiger partial charge on any atom is 0.183 e. The molecule has 0 radical (unpaired) electrons. The Bertz CT molecular complexity index is 463. The highest BCUT2D eigenvalue weighted by atomic mass is 16.1. The van der Waals surface area contributed by atoms with Gasteiger partial charge in [0.05, 0.1) is 5.54 Å². The first-order valence-corrected chi connectivity index (χ1v) is 7.81. The SMILES string of the molecule is CCc1ccc(C(=O)C2(N(C)C)CCCC(C)C2)cc1. The van der Waals surface area contributed by atoms with Crippen LogP contribution in [0.15, 0.2) is 24.3 Å². The van der Waals surface area contributed by atoms with Crippen molar-refractivity contribution in [1.29, 1.82) is 0 Å². The lowest BCUT2D eigenvalue weighted by molar-refractivity contribution is 0.0486. The van der Waals surface area contributed by atoms with Gasteiger partial charge in [-0.3, -0.25) is 9.69 Å². The number of hydrogen-bond donors (Lipinski definition) is 0. The van der Waals surface area contributed by atoms with Gasteiger partial charge >= 0.3 is 0 Å². The third-order valence-corrected chi connectivity index (χ3v) is 4.88. The summed E-state index contributed by atoms with van der Waals surface area (Å²) in [5.74, 6) is 0.932. The summed E-state index contributed by atoms with van der Waals surface area (Å²) in [5.41, 5.74) is 1.85. The van der Waals surface area contributed by atoms with E-state index in [0.29, 0.717) is 11.7 Å². The summed E-state index contributed by atoms with van der Waals surface area (Å²) in [6.45, 7) is 4.41. The number of likely N-dealkylation sites (N-methyl/N-ethyl adjacent to an activating group) is 1. The van der Waals surface area contributed by atoms with Crippen LogP contribution >= 0.6 is 0 Å². The van der Waals surface area contributed by atoms with Crippen LogP contribution in [-0.4, -0.2) is 30.3 Å². The molecule has 0 aromatic heterocycles. The molecular weight excluding hydrogens is 246 g/mol. The van der Waals surface area contributed by atoms with Gasteiger partial charge in [-0.05, 0) is 44.8 Å². The zero-order chi connectivity index (χ0) is 14.8. The van der Waals surface area contributed by atoms with Crippen molar-refractivity contribution in [3.63, 3.8) is 0 Å². The highest BCUT2D eigenvalue weighted by Crippen LogP contribution is 2.38. The zero-order valence-electron chi connectivity index (χ0n) is 13.3. The van der Waals surface area contributed by atoms with E-state index in [4.69, 9.17) is 0 Å². The number of carbonyl (C=O) groups excluding carboxylic acids is 1. The van der Waals surface area contributed by atoms with E-state index < -0.39 is 0 Å². The van der Waals surface area contributed by atoms with E-state index >= 15 is 0 Å². The normalized spacial score (nSPS) is 26.8. The lowest BCUT2D eigenvalue weighted by atomic mass is 9.71. The van der Waals surface area contributed by atoms with Crippen LogP contribution in [0.25, 0.3) is 0 Å². The Kier molecular flexibility index (Phi) is 4.64. The second-order valence-corrected chi connectivity index (χ2v) is 6.51. The van der Waals surface area contributed by atoms with Crippen molar-refractivity contribution in [2.45, 2.75) is 51.5 Å². The first-order chi connectivity index (χ1) is 9.49. The molecule has 2 unspecified atom stereocenters. The molecule has 20 heavy (non-hydrogen) atoms. The van der Waals surface area contributed by atoms with Gasteiger partial charge in [-0.25, -0.2) is 0 Å². The van der Waals surface area contributed by atoms with E-state index in [2.05, 4.69) is 45.0 Å². The van der Waals surface area contributed by atoms with Crippen molar-refractivity contribution in [1.82, 2.24) is 4.90 Å². The number of hydrogen-bond acceptors (Lipinski definition) is 2. The van der Waals surface area contributed by atoms with E-state index in [1.807, 2.05) is 12.1 Å². The topological polar surface area (TPSA) is 20.3 Å². The first-order valence-electron chi connectivity index (χ1n) is 7.81. The fraction of sp³-hybridized carbons (Fsp3) is 0.611. The average Bonchev–Trinajstić information content (AvgIpc) is 2.46. The summed E-state index contributed by atoms with van der Waals surface area (Å²) in [7, 11) is 4.10. The molecule has 110 valence electrons. The van der Waals surface area contributed by atoms with Gasteiger partial charge in [-0.2, -0.15) is 0 Å². The highest BCUT2D eigenvalue weighted by Gasteiger charge is 2.43. The second kappa shape index (κ2) is 6.09. The number of benzene rings is 1. The van der Waals surface area contributed by atoms with E-state index in [0.717, 1.165) is 31.2 Å². The zero-order valence-corrected chi connectivity index (χ0v) is 13.3. The van der Waals surface area contributed by atoms with Gasteiger partial charge in [0.2, 0.25) is 0 Å². The molecular formula is C18H27NO. The number of ketones is 1. The molecule has 0 spiro atoms. The van der Waals surface area contributed by atoms with Crippen LogP contribution in [0.3, 0.4) is 0 Å². The van der Waals surface area contributed by atoms with Gasteiger partial charge in [-0.1, -0.05) is 51.0 Å². The van der Waals surface area contributed by atoms with E-state index in [1.54, 1.807) is 0 Å². The summed E-state index contributed by atoms with van der Waals surface area (Å²) in [4.78, 5) is 15.2. The number of Topliss-reactive ketones (excluding diaryl/α,β-unsaturated/α-hetero) is 1. The Morgan fingerprint density at radius 3 is 2.45 bits per heavy atom. The predicted octanol–water partition coefficient (Wildman–Crippen LogP) is 3.94. The standard InChI is InChI=1S/C18H27NO/c1-5-15-8-10-16(11-9-15)17(20)18(19(3)4)12-6-7-14(2)13-18/h8-11,14H,5-7,12-13H2,1-4H3. The molecule has 0 amide bonds. The number of carbonyl (C=O) groups is 1. The summed E-state index contributed by atoms with van der Waals surface area (Å²) in [5, 5.41) is 0. The molecule has 2 atom stereocenters. The van der Waals surface area contributed by atoms with Crippen molar-refractivity contribution < 1.29 is 4.79 Å². The minimum Gasteiger partial charge on any atom is -0.297 e. The van der Waals surface area contributed by atoms with Crippen LogP contribution in [0, 0.1) is 5.92 Å². The van der Waals surface area contributed by atoms with E-state index in [1.165, 1.54) is 12.0 Å². The maximum atomic E-state index is 13.1. The molecule has 1 aromatic carbocycles. The van der Waals surface area contributed by atoms with Crippen LogP contribution in [0.4, 0.5) is 0 Å². The van der Waals surface area contributed by atoms with Gasteiger partial charge in [-0.15, -0.1) is 0 Å². The third kappa shape index (κ3) is 2.80. The molecule has 1 aromatic rings. The summed E-state index contributed by atoms with van der Waals surface area (Å²) in [6, 6.07) is 8.18. The summed E-state index contributed by atoms with van der Waals surface area (Å²) in [6.07, 6.45) is 5.38. The Balaban J connectivity index is 2.30. The molecule has 0 N–H and O–H groups in total. The molecule has 1 aliphatic carbocycles. The summed E-state index contributed by atoms with van der Waals surface area (Å²) < 4.78 is 0. The van der Waals surface area contributed by atoms with Crippen molar-refractivity contribution in [3.05, 3.63) is 35.4 Å². The second-order valence-electron chi connectivity index (χ2n) is 6.51. The number of rotatable bonds is 4. The third-order valence-electron chi connectivity index (χ3n) is 4.88. The van der Waals surface area contributed by atoms with Crippen molar-refractivity contribution in [3.8, 4) is 0 Å². The maximum absolute atomic E-state index is 13.1. The van der Waals surface area contributed by atoms with Gasteiger partial charge in [0.1, 0.15) is 0 Å². The van der Waals surface area contributed by atoms with Gasteiger partial charge < -0.3 is 0 Å². The Labute approximate surface area is 123 Å². The van der Waals surface area contributed by atoms with Crippen LogP contribution < -0.4 is 0 Å². The van der Waals surface area contributed by atoms with Crippen molar-refractivity contribution in [2.75, 3.05) is 14.1 Å². The summed E-state index contributed by atoms with van der Waals surface area (Å²) >= 11 is 0. The van der Waals surface area contributed by atoms with Crippen molar-refractivity contribution >= 4 is 5.78 Å². The van der Waals surface area contributed by atoms with Gasteiger partial charge in [0, 0.05) is 5.56 Å². The fourth-order valence-corrected chi connectivity index (χ4v) is 3.50. The molecule has 1 fully saturated rings. The Morgan fingerprint density at radius 2 is 1.95 bits per heavy atom.